The zero-order valence-electron chi connectivity index (χ0n) is 16.4. The van der Waals surface area contributed by atoms with E-state index >= 15 is 0 Å². The molecule has 2 aromatic carbocycles. The molecule has 2 aromatic rings. The van der Waals surface area contributed by atoms with Gasteiger partial charge < -0.3 is 15.5 Å². The van der Waals surface area contributed by atoms with Crippen LogP contribution < -0.4 is 15.5 Å². The molecule has 3 rings (SSSR count). The number of anilines is 2. The normalized spacial score (nSPS) is 16.2. The fraction of sp³-hybridized carbons (Fsp3) is 0.318. The van der Waals surface area contributed by atoms with Crippen LogP contribution in [0.4, 0.5) is 11.4 Å². The highest BCUT2D eigenvalue weighted by atomic mass is 16.2. The molecule has 1 aliphatic heterocycles. The van der Waals surface area contributed by atoms with Gasteiger partial charge in [-0.1, -0.05) is 18.2 Å². The smallest absolute Gasteiger partial charge is 0.253 e. The summed E-state index contributed by atoms with van der Waals surface area (Å²) in [7, 11) is 0. The van der Waals surface area contributed by atoms with Crippen LogP contribution in [0.1, 0.15) is 34.8 Å². The molecule has 1 atom stereocenters. The molecule has 2 N–H and O–H groups in total. The number of nitrogens with zero attached hydrogens (tertiary/aromatic N) is 1. The summed E-state index contributed by atoms with van der Waals surface area (Å²) in [6.45, 7) is 6.69. The number of carbonyl (C=O) groups excluding carboxylic acids is 3. The Balaban J connectivity index is 1.73. The lowest BCUT2D eigenvalue weighted by Crippen LogP contribution is -2.29. The summed E-state index contributed by atoms with van der Waals surface area (Å²) < 4.78 is 0. The summed E-state index contributed by atoms with van der Waals surface area (Å²) in [6, 6.07) is 12.7. The lowest BCUT2D eigenvalue weighted by Gasteiger charge is -2.18. The number of hydrogen-bond donors (Lipinski definition) is 2. The summed E-state index contributed by atoms with van der Waals surface area (Å²) in [4.78, 5) is 39.1. The number of amides is 3. The predicted octanol–water partition coefficient (Wildman–Crippen LogP) is 3.04. The molecular formula is C22H25N3O3. The molecule has 6 nitrogen and oxygen atoms in total. The second-order valence-corrected chi connectivity index (χ2v) is 7.07. The highest BCUT2D eigenvalue weighted by Gasteiger charge is 2.35. The van der Waals surface area contributed by atoms with Gasteiger partial charge in [0.05, 0.1) is 17.2 Å². The molecule has 28 heavy (non-hydrogen) atoms. The molecule has 1 saturated heterocycles. The Kier molecular flexibility index (Phi) is 5.78. The maximum atomic E-state index is 12.8. The number of hydrogen-bond acceptors (Lipinski definition) is 3. The molecule has 1 aliphatic rings. The van der Waals surface area contributed by atoms with Crippen molar-refractivity contribution in [3.8, 4) is 0 Å². The molecule has 0 aliphatic carbocycles. The van der Waals surface area contributed by atoms with Crippen molar-refractivity contribution in [3.63, 3.8) is 0 Å². The number of para-hydroxylation sites is 1. The van der Waals surface area contributed by atoms with E-state index in [0.29, 0.717) is 24.3 Å². The summed E-state index contributed by atoms with van der Waals surface area (Å²) in [5, 5.41) is 5.56. The van der Waals surface area contributed by atoms with Gasteiger partial charge in [-0.25, -0.2) is 0 Å². The minimum absolute atomic E-state index is 0.0691. The molecule has 0 spiro atoms. The van der Waals surface area contributed by atoms with Crippen LogP contribution in [0.25, 0.3) is 0 Å². The monoisotopic (exact) mass is 379 g/mol. The Hall–Kier alpha value is -3.15. The average Bonchev–Trinajstić information content (AvgIpc) is 3.06. The standard InChI is InChI=1S/C22H25N3O3/c1-4-23-22(28)18-7-5-6-8-19(18)24-21(27)16-12-20(26)25(13-16)17-10-9-14(2)15(3)11-17/h5-11,16H,4,12-13H2,1-3H3,(H,23,28)(H,24,27)/t16-/m1/s1. The van der Waals surface area contributed by atoms with Gasteiger partial charge in [-0.3, -0.25) is 14.4 Å². The molecule has 0 aromatic heterocycles. The van der Waals surface area contributed by atoms with Crippen LogP contribution in [0.15, 0.2) is 42.5 Å². The summed E-state index contributed by atoms with van der Waals surface area (Å²) in [6.07, 6.45) is 0.155. The van der Waals surface area contributed by atoms with E-state index in [1.54, 1.807) is 29.2 Å². The second kappa shape index (κ2) is 8.25. The first-order valence-corrected chi connectivity index (χ1v) is 9.46. The first-order chi connectivity index (χ1) is 13.4. The van der Waals surface area contributed by atoms with Crippen LogP contribution in [0, 0.1) is 19.8 Å². The molecule has 0 unspecified atom stereocenters. The third-order valence-electron chi connectivity index (χ3n) is 5.06. The highest BCUT2D eigenvalue weighted by molar-refractivity contribution is 6.07. The highest BCUT2D eigenvalue weighted by Crippen LogP contribution is 2.28. The van der Waals surface area contributed by atoms with Gasteiger partial charge in [-0.05, 0) is 56.2 Å². The number of benzene rings is 2. The Morgan fingerprint density at radius 2 is 1.86 bits per heavy atom. The van der Waals surface area contributed by atoms with Gasteiger partial charge >= 0.3 is 0 Å². The third-order valence-corrected chi connectivity index (χ3v) is 5.06. The number of nitrogens with one attached hydrogen (secondary N) is 2. The number of aryl methyl sites for hydroxylation is 2. The molecular weight excluding hydrogens is 354 g/mol. The van der Waals surface area contributed by atoms with Crippen LogP contribution in [-0.2, 0) is 9.59 Å². The summed E-state index contributed by atoms with van der Waals surface area (Å²) in [5.74, 6) is -1.02. The van der Waals surface area contributed by atoms with E-state index in [0.717, 1.165) is 16.8 Å². The zero-order chi connectivity index (χ0) is 20.3. The van der Waals surface area contributed by atoms with Crippen molar-refractivity contribution in [1.29, 1.82) is 0 Å². The van der Waals surface area contributed by atoms with Crippen LogP contribution in [0.3, 0.4) is 0 Å². The van der Waals surface area contributed by atoms with Crippen molar-refractivity contribution < 1.29 is 14.4 Å². The van der Waals surface area contributed by atoms with Gasteiger partial charge in [0.15, 0.2) is 0 Å². The van der Waals surface area contributed by atoms with E-state index in [-0.39, 0.29) is 24.1 Å². The largest absolute Gasteiger partial charge is 0.352 e. The fourth-order valence-electron chi connectivity index (χ4n) is 3.31. The fourth-order valence-corrected chi connectivity index (χ4v) is 3.31. The minimum Gasteiger partial charge on any atom is -0.352 e. The van der Waals surface area contributed by atoms with Crippen molar-refractivity contribution in [1.82, 2.24) is 5.32 Å². The second-order valence-electron chi connectivity index (χ2n) is 7.07. The molecule has 0 saturated carbocycles. The average molecular weight is 379 g/mol. The first-order valence-electron chi connectivity index (χ1n) is 9.46. The maximum absolute atomic E-state index is 12.8. The van der Waals surface area contributed by atoms with Crippen molar-refractivity contribution in [2.45, 2.75) is 27.2 Å². The van der Waals surface area contributed by atoms with E-state index in [9.17, 15) is 14.4 Å². The SMILES string of the molecule is CCNC(=O)c1ccccc1NC(=O)[C@@H]1CC(=O)N(c2ccc(C)c(C)c2)C1. The van der Waals surface area contributed by atoms with E-state index in [1.807, 2.05) is 39.0 Å². The van der Waals surface area contributed by atoms with E-state index in [2.05, 4.69) is 10.6 Å². The van der Waals surface area contributed by atoms with Crippen molar-refractivity contribution in [2.75, 3.05) is 23.3 Å². The van der Waals surface area contributed by atoms with Gasteiger partial charge in [0.25, 0.3) is 5.91 Å². The maximum Gasteiger partial charge on any atom is 0.253 e. The quantitative estimate of drug-likeness (QED) is 0.838. The van der Waals surface area contributed by atoms with Crippen molar-refractivity contribution >= 4 is 29.1 Å². The van der Waals surface area contributed by atoms with E-state index in [4.69, 9.17) is 0 Å². The van der Waals surface area contributed by atoms with Gasteiger partial charge in [0.1, 0.15) is 0 Å². The minimum atomic E-state index is -0.462. The number of carbonyl (C=O) groups is 3. The van der Waals surface area contributed by atoms with Crippen LogP contribution in [0.5, 0.6) is 0 Å². The third kappa shape index (κ3) is 4.06. The van der Waals surface area contributed by atoms with Crippen LogP contribution in [0.2, 0.25) is 0 Å². The van der Waals surface area contributed by atoms with Crippen molar-refractivity contribution in [3.05, 3.63) is 59.2 Å². The van der Waals surface area contributed by atoms with Gasteiger partial charge in [-0.15, -0.1) is 0 Å². The lowest BCUT2D eigenvalue weighted by molar-refractivity contribution is -0.122. The molecule has 0 bridgehead atoms. The summed E-state index contributed by atoms with van der Waals surface area (Å²) >= 11 is 0. The Labute approximate surface area is 164 Å². The topological polar surface area (TPSA) is 78.5 Å². The number of rotatable bonds is 5. The first kappa shape index (κ1) is 19.6. The summed E-state index contributed by atoms with van der Waals surface area (Å²) in [5.41, 5.74) is 3.94. The molecule has 6 heteroatoms. The zero-order valence-corrected chi connectivity index (χ0v) is 16.4. The van der Waals surface area contributed by atoms with Crippen LogP contribution >= 0.6 is 0 Å². The van der Waals surface area contributed by atoms with Gasteiger partial charge in [-0.2, -0.15) is 0 Å². The molecule has 0 radical (unpaired) electrons. The van der Waals surface area contributed by atoms with E-state index < -0.39 is 5.92 Å². The molecule has 1 fully saturated rings. The van der Waals surface area contributed by atoms with E-state index in [1.165, 1.54) is 0 Å². The molecule has 146 valence electrons. The molecule has 1 heterocycles. The van der Waals surface area contributed by atoms with Crippen LogP contribution in [-0.4, -0.2) is 30.8 Å². The Morgan fingerprint density at radius 1 is 1.11 bits per heavy atom. The Morgan fingerprint density at radius 3 is 2.57 bits per heavy atom. The predicted molar refractivity (Wildman–Crippen MR) is 109 cm³/mol. The van der Waals surface area contributed by atoms with Gasteiger partial charge in [0.2, 0.25) is 11.8 Å². The van der Waals surface area contributed by atoms with Crippen molar-refractivity contribution in [2.24, 2.45) is 5.92 Å². The lowest BCUT2D eigenvalue weighted by atomic mass is 10.1. The Bertz CT molecular complexity index is 923. The van der Waals surface area contributed by atoms with Gasteiger partial charge in [0, 0.05) is 25.2 Å². The molecule has 3 amide bonds.